The first-order valence-corrected chi connectivity index (χ1v) is 14.7. The molecule has 0 N–H and O–H groups in total. The van der Waals surface area contributed by atoms with Gasteiger partial charge >= 0.3 is 18.1 Å². The lowest BCUT2D eigenvalue weighted by Gasteiger charge is -2.27. The van der Waals surface area contributed by atoms with Crippen molar-refractivity contribution >= 4 is 34.1 Å². The third-order valence-corrected chi connectivity index (χ3v) is 8.48. The minimum Gasteiger partial charge on any atom is -0.310 e. The van der Waals surface area contributed by atoms with E-state index in [9.17, 15) is 45.9 Å². The molecule has 1 fully saturated rings. The summed E-state index contributed by atoms with van der Waals surface area (Å²) < 4.78 is 74.1. The van der Waals surface area contributed by atoms with Crippen LogP contribution in [-0.2, 0) is 15.6 Å². The Kier molecular flexibility index (Phi) is 11.6. The van der Waals surface area contributed by atoms with Crippen LogP contribution in [0.2, 0.25) is 0 Å². The molecule has 14 heteroatoms. The zero-order chi connectivity index (χ0) is 30.3. The molecule has 3 amide bonds. The molecule has 1 aliphatic heterocycles. The Labute approximate surface area is 232 Å². The van der Waals surface area contributed by atoms with Crippen molar-refractivity contribution < 1.29 is 40.7 Å². The molecule has 0 saturated carbocycles. The van der Waals surface area contributed by atoms with Gasteiger partial charge in [-0.05, 0) is 52.2 Å². The Morgan fingerprint density at radius 2 is 1.48 bits per heavy atom. The van der Waals surface area contributed by atoms with E-state index in [-0.39, 0.29) is 22.9 Å². The molecule has 226 valence electrons. The molecule has 1 unspecified atom stereocenters. The van der Waals surface area contributed by atoms with E-state index in [2.05, 4.69) is 0 Å². The van der Waals surface area contributed by atoms with Gasteiger partial charge in [0.15, 0.2) is 0 Å². The van der Waals surface area contributed by atoms with Gasteiger partial charge in [-0.2, -0.15) is 22.0 Å². The smallest absolute Gasteiger partial charge is 0.310 e. The first kappa shape index (κ1) is 33.6. The maximum atomic E-state index is 13.1. The largest absolute Gasteiger partial charge is 0.453 e. The Hall–Kier alpha value is -2.64. The van der Waals surface area contributed by atoms with Gasteiger partial charge in [0.25, 0.3) is 11.6 Å². The number of amides is 3. The fraction of sp³-hybridized carbons (Fsp3) is 0.692. The molecule has 0 bridgehead atoms. The molecule has 0 spiro atoms. The van der Waals surface area contributed by atoms with Crippen LogP contribution < -0.4 is 4.90 Å². The van der Waals surface area contributed by atoms with Crippen molar-refractivity contribution in [2.45, 2.75) is 96.2 Å². The van der Waals surface area contributed by atoms with Crippen LogP contribution >= 0.6 is 0 Å². The number of anilines is 1. The summed E-state index contributed by atoms with van der Waals surface area (Å²) >= 11 is 0. The molecule has 0 aliphatic carbocycles. The normalized spacial score (nSPS) is 16.6. The summed E-state index contributed by atoms with van der Waals surface area (Å²) in [4.78, 5) is 39.3. The van der Waals surface area contributed by atoms with Gasteiger partial charge < -0.3 is 4.90 Å². The highest BCUT2D eigenvalue weighted by molar-refractivity contribution is 7.84. The summed E-state index contributed by atoms with van der Waals surface area (Å²) in [5.74, 6) is -5.07. The lowest BCUT2D eigenvalue weighted by atomic mass is 10.0. The minimum atomic E-state index is -5.58. The lowest BCUT2D eigenvalue weighted by molar-refractivity contribution is -0.385. The molecular weight excluding hydrogens is 561 g/mol. The number of nitro benzene ring substituents is 1. The molecule has 8 nitrogen and oxygen atoms in total. The fourth-order valence-corrected chi connectivity index (χ4v) is 5.73. The molecule has 40 heavy (non-hydrogen) atoms. The van der Waals surface area contributed by atoms with Gasteiger partial charge in [-0.3, -0.25) is 19.1 Å². The number of alkyl halides is 5. The van der Waals surface area contributed by atoms with Crippen molar-refractivity contribution in [3.8, 4) is 0 Å². The van der Waals surface area contributed by atoms with Gasteiger partial charge in [-0.25, -0.2) is 9.69 Å². The zero-order valence-electron chi connectivity index (χ0n) is 22.9. The second-order valence-corrected chi connectivity index (χ2v) is 12.2. The van der Waals surface area contributed by atoms with Crippen LogP contribution in [0, 0.1) is 17.0 Å². The lowest BCUT2D eigenvalue weighted by Crippen LogP contribution is -2.44. The first-order chi connectivity index (χ1) is 18.5. The number of rotatable bonds is 16. The van der Waals surface area contributed by atoms with E-state index >= 15 is 0 Å². The SMILES string of the molecule is Cc1cc(N2C(=O)N(CCCCCCCCCS(=O)CCCC(F)(F)C(F)(F)F)C(C)(C)C2=O)ccc1[N+](=O)[O-]. The summed E-state index contributed by atoms with van der Waals surface area (Å²) in [5.41, 5.74) is -0.533. The Bertz CT molecular complexity index is 1100. The van der Waals surface area contributed by atoms with Crippen LogP contribution in [0.15, 0.2) is 18.2 Å². The average molecular weight is 598 g/mol. The summed E-state index contributed by atoms with van der Waals surface area (Å²) in [6.07, 6.45) is -1.95. The highest BCUT2D eigenvalue weighted by Gasteiger charge is 2.56. The van der Waals surface area contributed by atoms with Gasteiger partial charge in [-0.1, -0.05) is 32.1 Å². The number of carbonyl (C=O) groups excluding carboxylic acids is 2. The molecule has 1 aromatic rings. The number of hydrogen-bond acceptors (Lipinski definition) is 5. The molecular formula is C26H36F5N3O5S. The number of nitrogens with zero attached hydrogens (tertiary/aromatic N) is 3. The van der Waals surface area contributed by atoms with E-state index in [0.29, 0.717) is 24.9 Å². The predicted octanol–water partition coefficient (Wildman–Crippen LogP) is 6.91. The zero-order valence-corrected chi connectivity index (χ0v) is 23.7. The molecule has 2 rings (SSSR count). The number of halogens is 5. The number of imide groups is 1. The quantitative estimate of drug-likeness (QED) is 0.0678. The maximum Gasteiger partial charge on any atom is 0.453 e. The van der Waals surface area contributed by atoms with Crippen molar-refractivity contribution in [2.24, 2.45) is 0 Å². The monoisotopic (exact) mass is 597 g/mol. The summed E-state index contributed by atoms with van der Waals surface area (Å²) in [6.45, 7) is 5.24. The average Bonchev–Trinajstić information content (AvgIpc) is 3.00. The molecule has 1 aliphatic rings. The van der Waals surface area contributed by atoms with E-state index in [1.165, 1.54) is 23.1 Å². The highest BCUT2D eigenvalue weighted by Crippen LogP contribution is 2.39. The van der Waals surface area contributed by atoms with E-state index in [0.717, 1.165) is 37.0 Å². The number of aryl methyl sites for hydroxylation is 1. The second kappa shape index (κ2) is 13.8. The number of hydrogen-bond donors (Lipinski definition) is 0. The topological polar surface area (TPSA) is 101 Å². The number of urea groups is 1. The fourth-order valence-electron chi connectivity index (χ4n) is 4.54. The van der Waals surface area contributed by atoms with Crippen LogP contribution in [0.5, 0.6) is 0 Å². The molecule has 1 saturated heterocycles. The summed E-state index contributed by atoms with van der Waals surface area (Å²) in [7, 11) is -1.43. The molecule has 1 heterocycles. The third kappa shape index (κ3) is 8.43. The maximum absolute atomic E-state index is 13.1. The van der Waals surface area contributed by atoms with Crippen molar-refractivity contribution in [3.05, 3.63) is 33.9 Å². The van der Waals surface area contributed by atoms with E-state index < -0.39 is 58.1 Å². The van der Waals surface area contributed by atoms with Gasteiger partial charge in [0, 0.05) is 46.9 Å². The van der Waals surface area contributed by atoms with E-state index in [4.69, 9.17) is 0 Å². The predicted molar refractivity (Wildman–Crippen MR) is 142 cm³/mol. The van der Waals surface area contributed by atoms with Crippen LogP contribution in [-0.4, -0.2) is 61.7 Å². The Morgan fingerprint density at radius 1 is 0.925 bits per heavy atom. The summed E-state index contributed by atoms with van der Waals surface area (Å²) in [5, 5.41) is 11.1. The Morgan fingerprint density at radius 3 is 2.02 bits per heavy atom. The number of carbonyl (C=O) groups is 2. The molecule has 1 atom stereocenters. The number of nitro groups is 1. The first-order valence-electron chi connectivity index (χ1n) is 13.2. The van der Waals surface area contributed by atoms with Crippen molar-refractivity contribution in [3.63, 3.8) is 0 Å². The van der Waals surface area contributed by atoms with Crippen LogP contribution in [0.25, 0.3) is 0 Å². The van der Waals surface area contributed by atoms with Gasteiger partial charge in [0.05, 0.1) is 10.6 Å². The molecule has 1 aromatic carbocycles. The minimum absolute atomic E-state index is 0.0978. The van der Waals surface area contributed by atoms with Crippen LogP contribution in [0.1, 0.15) is 77.2 Å². The number of benzene rings is 1. The van der Waals surface area contributed by atoms with E-state index in [1.54, 1.807) is 20.8 Å². The van der Waals surface area contributed by atoms with Crippen molar-refractivity contribution in [1.29, 1.82) is 0 Å². The van der Waals surface area contributed by atoms with Crippen molar-refractivity contribution in [1.82, 2.24) is 4.90 Å². The standard InChI is InChI=1S/C26H36F5N3O5S/c1-19-18-20(12-13-21(19)34(37)38)33-22(35)24(2,3)32(23(33)36)15-9-7-5-4-6-8-10-16-40(39)17-11-14-25(27,28)26(29,30)31/h12-13,18H,4-11,14-17H2,1-3H3. The molecule has 0 aromatic heterocycles. The second-order valence-electron chi connectivity index (χ2n) is 10.5. The van der Waals surface area contributed by atoms with Crippen molar-refractivity contribution in [2.75, 3.05) is 23.0 Å². The summed E-state index contributed by atoms with van der Waals surface area (Å²) in [6, 6.07) is 3.65. The molecule has 0 radical (unpaired) electrons. The highest BCUT2D eigenvalue weighted by atomic mass is 32.2. The van der Waals surface area contributed by atoms with Crippen LogP contribution in [0.4, 0.5) is 38.1 Å². The van der Waals surface area contributed by atoms with Gasteiger partial charge in [0.1, 0.15) is 5.54 Å². The van der Waals surface area contributed by atoms with Gasteiger partial charge in [-0.15, -0.1) is 0 Å². The number of unbranched alkanes of at least 4 members (excludes halogenated alkanes) is 6. The third-order valence-electron chi connectivity index (χ3n) is 6.99. The Balaban J connectivity index is 1.67. The van der Waals surface area contributed by atoms with Gasteiger partial charge in [0.2, 0.25) is 0 Å². The van der Waals surface area contributed by atoms with Crippen LogP contribution in [0.3, 0.4) is 0 Å². The van der Waals surface area contributed by atoms with E-state index in [1.807, 2.05) is 0 Å².